The van der Waals surface area contributed by atoms with E-state index in [1.807, 2.05) is 49.6 Å². The molecule has 6 heteroatoms. The zero-order chi connectivity index (χ0) is 16.7. The van der Waals surface area contributed by atoms with E-state index in [1.54, 1.807) is 4.90 Å². The largest absolute Gasteiger partial charge is 0.343 e. The van der Waals surface area contributed by atoms with Gasteiger partial charge in [-0.2, -0.15) is 0 Å². The molecule has 0 unspecified atom stereocenters. The zero-order valence-electron chi connectivity index (χ0n) is 13.4. The van der Waals surface area contributed by atoms with Gasteiger partial charge in [-0.05, 0) is 13.8 Å². The van der Waals surface area contributed by atoms with Gasteiger partial charge in [0, 0.05) is 36.9 Å². The van der Waals surface area contributed by atoms with Gasteiger partial charge >= 0.3 is 0 Å². The lowest BCUT2D eigenvalue weighted by atomic mass is 10.2. The number of hydrogen-bond donors (Lipinski definition) is 1. The molecule has 0 radical (unpaired) electrons. The number of thiazole rings is 1. The highest BCUT2D eigenvalue weighted by molar-refractivity contribution is 7.14. The van der Waals surface area contributed by atoms with E-state index in [0.717, 1.165) is 11.3 Å². The molecule has 1 aromatic heterocycles. The maximum Gasteiger partial charge on any atom is 0.226 e. The molecule has 0 bridgehead atoms. The van der Waals surface area contributed by atoms with Crippen molar-refractivity contribution in [3.8, 4) is 11.3 Å². The highest BCUT2D eigenvalue weighted by Gasteiger charge is 2.13. The lowest BCUT2D eigenvalue weighted by Gasteiger charge is -2.18. The molecule has 5 nitrogen and oxygen atoms in total. The lowest BCUT2D eigenvalue weighted by Crippen LogP contribution is -2.31. The van der Waals surface area contributed by atoms with E-state index in [2.05, 4.69) is 10.3 Å². The fraction of sp³-hybridized carbons (Fsp3) is 0.353. The highest BCUT2D eigenvalue weighted by atomic mass is 32.1. The average Bonchev–Trinajstić information content (AvgIpc) is 3.03. The van der Waals surface area contributed by atoms with Crippen LogP contribution in [0.5, 0.6) is 0 Å². The molecule has 122 valence electrons. The lowest BCUT2D eigenvalue weighted by molar-refractivity contribution is -0.132. The predicted molar refractivity (Wildman–Crippen MR) is 93.3 cm³/mol. The Balaban J connectivity index is 1.87. The monoisotopic (exact) mass is 331 g/mol. The summed E-state index contributed by atoms with van der Waals surface area (Å²) >= 11 is 1.38. The Kier molecular flexibility index (Phi) is 6.29. The third-order valence-corrected chi connectivity index (χ3v) is 4.26. The average molecular weight is 331 g/mol. The van der Waals surface area contributed by atoms with Crippen molar-refractivity contribution in [2.45, 2.75) is 26.7 Å². The van der Waals surface area contributed by atoms with E-state index in [4.69, 9.17) is 0 Å². The molecular formula is C17H21N3O2S. The van der Waals surface area contributed by atoms with E-state index < -0.39 is 0 Å². The molecule has 23 heavy (non-hydrogen) atoms. The summed E-state index contributed by atoms with van der Waals surface area (Å²) in [5.41, 5.74) is 1.85. The van der Waals surface area contributed by atoms with Crippen LogP contribution in [0.15, 0.2) is 35.7 Å². The van der Waals surface area contributed by atoms with E-state index in [1.165, 1.54) is 11.3 Å². The van der Waals surface area contributed by atoms with E-state index in [0.29, 0.717) is 18.2 Å². The van der Waals surface area contributed by atoms with Crippen LogP contribution in [0.25, 0.3) is 11.3 Å². The molecule has 0 aliphatic heterocycles. The van der Waals surface area contributed by atoms with Crippen LogP contribution in [-0.4, -0.2) is 34.8 Å². The summed E-state index contributed by atoms with van der Waals surface area (Å²) in [6.07, 6.45) is 0.403. The van der Waals surface area contributed by atoms with E-state index in [-0.39, 0.29) is 24.7 Å². The molecule has 0 spiro atoms. The van der Waals surface area contributed by atoms with Crippen LogP contribution in [0.3, 0.4) is 0 Å². The third kappa shape index (κ3) is 4.89. The van der Waals surface area contributed by atoms with Gasteiger partial charge in [0.05, 0.1) is 5.69 Å². The molecule has 1 heterocycles. The van der Waals surface area contributed by atoms with Crippen LogP contribution in [0.4, 0.5) is 5.13 Å². The molecule has 0 atom stereocenters. The Bertz CT molecular complexity index is 651. The van der Waals surface area contributed by atoms with Crippen molar-refractivity contribution in [3.63, 3.8) is 0 Å². The molecule has 1 N–H and O–H groups in total. The van der Waals surface area contributed by atoms with Gasteiger partial charge in [-0.3, -0.25) is 9.59 Å². The number of benzene rings is 1. The first-order valence-corrected chi connectivity index (χ1v) is 8.60. The number of hydrogen-bond acceptors (Lipinski definition) is 4. The van der Waals surface area contributed by atoms with Crippen LogP contribution < -0.4 is 5.32 Å². The quantitative estimate of drug-likeness (QED) is 0.846. The zero-order valence-corrected chi connectivity index (χ0v) is 14.2. The summed E-state index contributed by atoms with van der Waals surface area (Å²) in [7, 11) is 0. The summed E-state index contributed by atoms with van der Waals surface area (Å²) in [6.45, 7) is 5.21. The molecule has 0 saturated heterocycles. The van der Waals surface area contributed by atoms with Gasteiger partial charge in [0.15, 0.2) is 5.13 Å². The van der Waals surface area contributed by atoms with Crippen LogP contribution in [0, 0.1) is 0 Å². The maximum absolute atomic E-state index is 11.9. The second-order valence-corrected chi connectivity index (χ2v) is 5.88. The van der Waals surface area contributed by atoms with Crippen LogP contribution in [0.2, 0.25) is 0 Å². The number of anilines is 1. The Labute approximate surface area is 140 Å². The van der Waals surface area contributed by atoms with Crippen molar-refractivity contribution in [2.24, 2.45) is 0 Å². The smallest absolute Gasteiger partial charge is 0.226 e. The first-order chi connectivity index (χ1) is 11.1. The van der Waals surface area contributed by atoms with Gasteiger partial charge in [0.2, 0.25) is 11.8 Å². The molecule has 2 amide bonds. The summed E-state index contributed by atoms with van der Waals surface area (Å²) in [5.74, 6) is -0.172. The standard InChI is InChI=1S/C17H21N3O2S/c1-3-20(4-2)16(22)11-10-15(21)19-17-18-14(12-23-17)13-8-6-5-7-9-13/h5-9,12H,3-4,10-11H2,1-2H3,(H,18,19,21). The molecule has 0 fully saturated rings. The summed E-state index contributed by atoms with van der Waals surface area (Å²) in [5, 5.41) is 5.23. The van der Waals surface area contributed by atoms with Gasteiger partial charge in [-0.1, -0.05) is 30.3 Å². The minimum Gasteiger partial charge on any atom is -0.343 e. The molecule has 2 rings (SSSR count). The number of nitrogens with one attached hydrogen (secondary N) is 1. The number of aromatic nitrogens is 1. The van der Waals surface area contributed by atoms with Gasteiger partial charge in [-0.15, -0.1) is 11.3 Å². The number of carbonyl (C=O) groups excluding carboxylic acids is 2. The van der Waals surface area contributed by atoms with Gasteiger partial charge < -0.3 is 10.2 Å². The van der Waals surface area contributed by atoms with Crippen molar-refractivity contribution < 1.29 is 9.59 Å². The maximum atomic E-state index is 11.9. The fourth-order valence-corrected chi connectivity index (χ4v) is 2.95. The number of rotatable bonds is 7. The van der Waals surface area contributed by atoms with Crippen molar-refractivity contribution in [1.82, 2.24) is 9.88 Å². The predicted octanol–water partition coefficient (Wildman–Crippen LogP) is 3.40. The van der Waals surface area contributed by atoms with Gasteiger partial charge in [0.1, 0.15) is 0 Å². The topological polar surface area (TPSA) is 62.3 Å². The molecule has 2 aromatic rings. The van der Waals surface area contributed by atoms with Crippen LogP contribution >= 0.6 is 11.3 Å². The van der Waals surface area contributed by atoms with Crippen LogP contribution in [-0.2, 0) is 9.59 Å². The van der Waals surface area contributed by atoms with Gasteiger partial charge in [0.25, 0.3) is 0 Å². The molecule has 0 aliphatic carbocycles. The van der Waals surface area contributed by atoms with Crippen molar-refractivity contribution >= 4 is 28.3 Å². The Morgan fingerprint density at radius 3 is 2.48 bits per heavy atom. The second kappa shape index (κ2) is 8.43. The number of carbonyl (C=O) groups is 2. The summed E-state index contributed by atoms with van der Waals surface area (Å²) < 4.78 is 0. The third-order valence-electron chi connectivity index (χ3n) is 3.50. The second-order valence-electron chi connectivity index (χ2n) is 5.02. The van der Waals surface area contributed by atoms with Crippen molar-refractivity contribution in [1.29, 1.82) is 0 Å². The molecular weight excluding hydrogens is 310 g/mol. The van der Waals surface area contributed by atoms with E-state index >= 15 is 0 Å². The first-order valence-electron chi connectivity index (χ1n) is 7.72. The Morgan fingerprint density at radius 2 is 1.83 bits per heavy atom. The number of nitrogens with zero attached hydrogens (tertiary/aromatic N) is 2. The summed E-state index contributed by atoms with van der Waals surface area (Å²) in [4.78, 5) is 30.0. The Hall–Kier alpha value is -2.21. The molecule has 0 saturated carbocycles. The SMILES string of the molecule is CCN(CC)C(=O)CCC(=O)Nc1nc(-c2ccccc2)cs1. The van der Waals surface area contributed by atoms with Crippen LogP contribution in [0.1, 0.15) is 26.7 Å². The Morgan fingerprint density at radius 1 is 1.13 bits per heavy atom. The first kappa shape index (κ1) is 17.1. The summed E-state index contributed by atoms with van der Waals surface area (Å²) in [6, 6.07) is 9.80. The molecule has 0 aliphatic rings. The number of amides is 2. The fourth-order valence-electron chi connectivity index (χ4n) is 2.21. The van der Waals surface area contributed by atoms with E-state index in [9.17, 15) is 9.59 Å². The molecule has 1 aromatic carbocycles. The minimum atomic E-state index is -0.181. The van der Waals surface area contributed by atoms with Crippen molar-refractivity contribution in [2.75, 3.05) is 18.4 Å². The normalized spacial score (nSPS) is 10.3. The van der Waals surface area contributed by atoms with Gasteiger partial charge in [-0.25, -0.2) is 4.98 Å². The highest BCUT2D eigenvalue weighted by Crippen LogP contribution is 2.24. The van der Waals surface area contributed by atoms with Crippen molar-refractivity contribution in [3.05, 3.63) is 35.7 Å². The minimum absolute atomic E-state index is 0.00858.